The molecular formula is C16H16. The second-order valence-corrected chi connectivity index (χ2v) is 4.01. The molecule has 0 fully saturated rings. The lowest BCUT2D eigenvalue weighted by Crippen LogP contribution is -1.93. The third-order valence-corrected chi connectivity index (χ3v) is 2.86. The van der Waals surface area contributed by atoms with Crippen molar-refractivity contribution in [2.75, 3.05) is 0 Å². The van der Waals surface area contributed by atoms with Crippen molar-refractivity contribution in [1.82, 2.24) is 0 Å². The zero-order valence-electron chi connectivity index (χ0n) is 9.61. The number of hydrogen-bond donors (Lipinski definition) is 0. The van der Waals surface area contributed by atoms with Gasteiger partial charge in [-0.15, -0.1) is 0 Å². The second-order valence-electron chi connectivity index (χ2n) is 4.01. The number of hydrogen-bond acceptors (Lipinski definition) is 0. The zero-order valence-corrected chi connectivity index (χ0v) is 9.61. The molecule has 0 saturated heterocycles. The van der Waals surface area contributed by atoms with E-state index in [2.05, 4.69) is 56.0 Å². The maximum Gasteiger partial charge on any atom is -0.00197 e. The van der Waals surface area contributed by atoms with E-state index in [9.17, 15) is 0 Å². The summed E-state index contributed by atoms with van der Waals surface area (Å²) < 4.78 is 0. The van der Waals surface area contributed by atoms with Crippen molar-refractivity contribution in [3.05, 3.63) is 77.4 Å². The Hall–Kier alpha value is -1.82. The molecule has 0 amide bonds. The van der Waals surface area contributed by atoms with Gasteiger partial charge in [0.25, 0.3) is 0 Å². The van der Waals surface area contributed by atoms with Gasteiger partial charge in [0.2, 0.25) is 0 Å². The summed E-state index contributed by atoms with van der Waals surface area (Å²) in [6.07, 6.45) is 2.93. The van der Waals surface area contributed by atoms with Crippen LogP contribution in [0.3, 0.4) is 0 Å². The minimum absolute atomic E-state index is 0.976. The highest BCUT2D eigenvalue weighted by atomic mass is 14.1. The molecule has 0 heterocycles. The number of rotatable bonds is 3. The second kappa shape index (κ2) is 4.80. The van der Waals surface area contributed by atoms with Gasteiger partial charge in [-0.3, -0.25) is 0 Å². The molecule has 0 nitrogen and oxygen atoms in total. The van der Waals surface area contributed by atoms with Crippen LogP contribution in [0.25, 0.3) is 6.08 Å². The van der Waals surface area contributed by atoms with E-state index in [0.29, 0.717) is 0 Å². The summed E-state index contributed by atoms with van der Waals surface area (Å²) in [5, 5.41) is 0. The van der Waals surface area contributed by atoms with Gasteiger partial charge in [0.1, 0.15) is 0 Å². The average molecular weight is 208 g/mol. The van der Waals surface area contributed by atoms with Gasteiger partial charge in [-0.25, -0.2) is 0 Å². The highest BCUT2D eigenvalue weighted by molar-refractivity contribution is 5.57. The predicted octanol–water partition coefficient (Wildman–Crippen LogP) is 4.23. The molecule has 16 heavy (non-hydrogen) atoms. The molecule has 0 unspecified atom stereocenters. The van der Waals surface area contributed by atoms with Gasteiger partial charge in [0, 0.05) is 0 Å². The van der Waals surface area contributed by atoms with Gasteiger partial charge in [0.15, 0.2) is 0 Å². The molecule has 0 aliphatic heterocycles. The first-order valence-corrected chi connectivity index (χ1v) is 5.56. The molecule has 2 rings (SSSR count). The first-order valence-electron chi connectivity index (χ1n) is 5.56. The van der Waals surface area contributed by atoms with Gasteiger partial charge >= 0.3 is 0 Å². The van der Waals surface area contributed by atoms with Crippen molar-refractivity contribution < 1.29 is 0 Å². The lowest BCUT2D eigenvalue weighted by Gasteiger charge is -2.08. The molecule has 2 aromatic carbocycles. The van der Waals surface area contributed by atoms with E-state index in [0.717, 1.165) is 6.42 Å². The molecule has 0 radical (unpaired) electrons. The summed E-state index contributed by atoms with van der Waals surface area (Å²) >= 11 is 0. The van der Waals surface area contributed by atoms with Gasteiger partial charge in [-0.1, -0.05) is 61.2 Å². The van der Waals surface area contributed by atoms with Crippen molar-refractivity contribution in [3.63, 3.8) is 0 Å². The molecule has 0 N–H and O–H groups in total. The Balaban J connectivity index is 2.35. The van der Waals surface area contributed by atoms with Crippen LogP contribution in [0.15, 0.2) is 55.1 Å². The van der Waals surface area contributed by atoms with Gasteiger partial charge in [-0.05, 0) is 35.6 Å². The normalized spacial score (nSPS) is 10.1. The van der Waals surface area contributed by atoms with Crippen molar-refractivity contribution in [2.24, 2.45) is 0 Å². The fourth-order valence-corrected chi connectivity index (χ4v) is 2.00. The summed E-state index contributed by atoms with van der Waals surface area (Å²) in [6, 6.07) is 17.0. The fourth-order valence-electron chi connectivity index (χ4n) is 2.00. The Labute approximate surface area is 97.3 Å². The molecule has 0 saturated carbocycles. The molecule has 0 atom stereocenters. The quantitative estimate of drug-likeness (QED) is 0.708. The summed E-state index contributed by atoms with van der Waals surface area (Å²) in [7, 11) is 0. The molecule has 2 aromatic rings. The maximum absolute atomic E-state index is 3.89. The summed E-state index contributed by atoms with van der Waals surface area (Å²) in [6.45, 7) is 6.02. The van der Waals surface area contributed by atoms with Crippen LogP contribution in [0.5, 0.6) is 0 Å². The number of benzene rings is 2. The molecule has 0 aromatic heterocycles. The Morgan fingerprint density at radius 3 is 2.44 bits per heavy atom. The smallest absolute Gasteiger partial charge is 0.00197 e. The highest BCUT2D eigenvalue weighted by Crippen LogP contribution is 2.18. The lowest BCUT2D eigenvalue weighted by molar-refractivity contribution is 1.17. The summed E-state index contributed by atoms with van der Waals surface area (Å²) in [4.78, 5) is 0. The van der Waals surface area contributed by atoms with Crippen LogP contribution < -0.4 is 0 Å². The Morgan fingerprint density at radius 1 is 1.00 bits per heavy atom. The van der Waals surface area contributed by atoms with Crippen molar-refractivity contribution >= 4 is 6.08 Å². The SMILES string of the molecule is C=Cc1c(C)cccc1Cc1ccccc1. The highest BCUT2D eigenvalue weighted by Gasteiger charge is 2.02. The van der Waals surface area contributed by atoms with Crippen molar-refractivity contribution in [3.8, 4) is 0 Å². The van der Waals surface area contributed by atoms with E-state index in [4.69, 9.17) is 0 Å². The van der Waals surface area contributed by atoms with Crippen LogP contribution in [0.4, 0.5) is 0 Å². The molecule has 0 aliphatic rings. The first kappa shape index (κ1) is 10.7. The topological polar surface area (TPSA) is 0 Å². The van der Waals surface area contributed by atoms with Crippen LogP contribution in [0, 0.1) is 6.92 Å². The third kappa shape index (κ3) is 2.22. The molecule has 0 aliphatic carbocycles. The summed E-state index contributed by atoms with van der Waals surface area (Å²) in [5.74, 6) is 0. The number of aryl methyl sites for hydroxylation is 1. The van der Waals surface area contributed by atoms with Crippen LogP contribution in [-0.4, -0.2) is 0 Å². The molecular weight excluding hydrogens is 192 g/mol. The van der Waals surface area contributed by atoms with E-state index < -0.39 is 0 Å². The third-order valence-electron chi connectivity index (χ3n) is 2.86. The van der Waals surface area contributed by atoms with Crippen LogP contribution >= 0.6 is 0 Å². The average Bonchev–Trinajstić information content (AvgIpc) is 2.31. The fraction of sp³-hybridized carbons (Fsp3) is 0.125. The van der Waals surface area contributed by atoms with Gasteiger partial charge in [0.05, 0.1) is 0 Å². The Morgan fingerprint density at radius 2 is 1.75 bits per heavy atom. The molecule has 0 heteroatoms. The van der Waals surface area contributed by atoms with E-state index in [1.54, 1.807) is 0 Å². The molecule has 80 valence electrons. The van der Waals surface area contributed by atoms with E-state index >= 15 is 0 Å². The first-order chi connectivity index (χ1) is 7.81. The van der Waals surface area contributed by atoms with Gasteiger partial charge in [-0.2, -0.15) is 0 Å². The predicted molar refractivity (Wildman–Crippen MR) is 70.5 cm³/mol. The van der Waals surface area contributed by atoms with Crippen LogP contribution in [0.1, 0.15) is 22.3 Å². The Kier molecular flexibility index (Phi) is 3.21. The van der Waals surface area contributed by atoms with E-state index in [1.807, 2.05) is 12.1 Å². The molecule has 0 spiro atoms. The van der Waals surface area contributed by atoms with E-state index in [1.165, 1.54) is 22.3 Å². The minimum Gasteiger partial charge on any atom is -0.0984 e. The van der Waals surface area contributed by atoms with Crippen molar-refractivity contribution in [2.45, 2.75) is 13.3 Å². The maximum atomic E-state index is 3.89. The largest absolute Gasteiger partial charge is 0.0984 e. The van der Waals surface area contributed by atoms with Gasteiger partial charge < -0.3 is 0 Å². The van der Waals surface area contributed by atoms with Crippen LogP contribution in [-0.2, 0) is 6.42 Å². The minimum atomic E-state index is 0.976. The molecule has 0 bridgehead atoms. The Bertz CT molecular complexity index is 481. The van der Waals surface area contributed by atoms with E-state index in [-0.39, 0.29) is 0 Å². The zero-order chi connectivity index (χ0) is 11.4. The summed E-state index contributed by atoms with van der Waals surface area (Å²) in [5.41, 5.74) is 5.26. The van der Waals surface area contributed by atoms with Crippen LogP contribution in [0.2, 0.25) is 0 Å². The standard InChI is InChI=1S/C16H16/c1-3-16-13(2)8-7-11-15(16)12-14-9-5-4-6-10-14/h3-11H,1,12H2,2H3. The van der Waals surface area contributed by atoms with Crippen molar-refractivity contribution in [1.29, 1.82) is 0 Å². The monoisotopic (exact) mass is 208 g/mol. The lowest BCUT2D eigenvalue weighted by atomic mass is 9.96.